The lowest BCUT2D eigenvalue weighted by Gasteiger charge is -2.39. The summed E-state index contributed by atoms with van der Waals surface area (Å²) >= 11 is 1.11. The first kappa shape index (κ1) is 25.6. The molecule has 0 bridgehead atoms. The van der Waals surface area contributed by atoms with Crippen molar-refractivity contribution in [2.75, 3.05) is 62.7 Å². The summed E-state index contributed by atoms with van der Waals surface area (Å²) in [5.74, 6) is -0.962. The van der Waals surface area contributed by atoms with E-state index in [1.54, 1.807) is 35.0 Å². The summed E-state index contributed by atoms with van der Waals surface area (Å²) in [5.41, 5.74) is 2.19. The van der Waals surface area contributed by atoms with Gasteiger partial charge >= 0.3 is 0 Å². The lowest BCUT2D eigenvalue weighted by molar-refractivity contribution is -0.142. The number of hydrogen-bond acceptors (Lipinski definition) is 9. The molecule has 0 spiro atoms. The Bertz CT molecular complexity index is 1750. The summed E-state index contributed by atoms with van der Waals surface area (Å²) < 4.78 is 47.3. The zero-order valence-corrected chi connectivity index (χ0v) is 23.9. The maximum absolute atomic E-state index is 15.5. The SMILES string of the molecule is [2H]C([2H])(C)c1nn2cc(F)c(N3CCN(CC(=O)N4CC(O)C4)CC3)cc2c1N(C)c1nc(-c2ccc(F)cc2)c(C#N)s1. The lowest BCUT2D eigenvalue weighted by atomic mass is 10.1. The Balaban J connectivity index is 1.31. The number of halogens is 2. The van der Waals surface area contributed by atoms with E-state index in [-0.39, 0.29) is 18.1 Å². The Morgan fingerprint density at radius 3 is 2.60 bits per heavy atom. The van der Waals surface area contributed by atoms with Gasteiger partial charge in [-0.05, 0) is 36.7 Å². The fourth-order valence-electron chi connectivity index (χ4n) is 5.31. The third kappa shape index (κ3) is 5.17. The average molecular weight is 595 g/mol. The molecule has 2 saturated heterocycles. The number of carbonyl (C=O) groups is 1. The van der Waals surface area contributed by atoms with Crippen LogP contribution in [0.2, 0.25) is 0 Å². The molecule has 13 heteroatoms. The Morgan fingerprint density at radius 1 is 1.24 bits per heavy atom. The number of carbonyl (C=O) groups excluding carboxylic acids is 1. The predicted molar refractivity (Wildman–Crippen MR) is 156 cm³/mol. The van der Waals surface area contributed by atoms with Gasteiger partial charge in [-0.3, -0.25) is 9.69 Å². The number of likely N-dealkylation sites (tertiary alicyclic amines) is 1. The fraction of sp³-hybridized carbons (Fsp3) is 0.379. The third-order valence-electron chi connectivity index (χ3n) is 7.66. The molecule has 1 N–H and O–H groups in total. The Kier molecular flexibility index (Phi) is 6.87. The first-order chi connectivity index (χ1) is 20.9. The molecule has 3 aromatic heterocycles. The standard InChI is InChI=1S/C29H30F2N8O2S/c1-3-22-28(35(2)29-33-27(25(13-32)42-29)18-4-6-19(30)7-5-18)24-12-23(21(31)16-39(24)34-22)37-10-8-36(9-11-37)17-26(41)38-14-20(40)15-38/h4-7,12,16,20,40H,3,8-11,14-15,17H2,1-2H3/i3D2. The lowest BCUT2D eigenvalue weighted by Crippen LogP contribution is -2.57. The van der Waals surface area contributed by atoms with Gasteiger partial charge in [0.25, 0.3) is 0 Å². The van der Waals surface area contributed by atoms with Crippen LogP contribution in [0, 0.1) is 23.0 Å². The second-order valence-electron chi connectivity index (χ2n) is 10.4. The molecule has 5 heterocycles. The molecule has 0 atom stereocenters. The highest BCUT2D eigenvalue weighted by Gasteiger charge is 2.31. The van der Waals surface area contributed by atoms with Gasteiger partial charge in [0.05, 0.1) is 41.4 Å². The van der Waals surface area contributed by atoms with Crippen molar-refractivity contribution in [2.24, 2.45) is 0 Å². The summed E-state index contributed by atoms with van der Waals surface area (Å²) in [5, 5.41) is 24.1. The monoisotopic (exact) mass is 594 g/mol. The smallest absolute Gasteiger partial charge is 0.236 e. The molecule has 10 nitrogen and oxygen atoms in total. The maximum atomic E-state index is 15.5. The van der Waals surface area contributed by atoms with Crippen LogP contribution in [0.1, 0.15) is 20.2 Å². The van der Waals surface area contributed by atoms with Gasteiger partial charge in [0, 0.05) is 54.6 Å². The molecule has 1 amide bonds. The molecular weight excluding hydrogens is 562 g/mol. The zero-order valence-electron chi connectivity index (χ0n) is 25.1. The highest BCUT2D eigenvalue weighted by molar-refractivity contribution is 7.16. The van der Waals surface area contributed by atoms with Crippen LogP contribution < -0.4 is 9.80 Å². The van der Waals surface area contributed by atoms with E-state index in [0.717, 1.165) is 11.3 Å². The second kappa shape index (κ2) is 11.3. The van der Waals surface area contributed by atoms with Crippen molar-refractivity contribution in [3.05, 3.63) is 58.7 Å². The number of nitrogens with zero attached hydrogens (tertiary/aromatic N) is 8. The fourth-order valence-corrected chi connectivity index (χ4v) is 6.16. The zero-order chi connectivity index (χ0) is 31.3. The van der Waals surface area contributed by atoms with E-state index in [4.69, 9.17) is 2.74 Å². The minimum absolute atomic E-state index is 0.0333. The number of anilines is 3. The summed E-state index contributed by atoms with van der Waals surface area (Å²) in [6.45, 7) is 4.37. The number of aromatic nitrogens is 3. The number of aliphatic hydroxyl groups excluding tert-OH is 1. The van der Waals surface area contributed by atoms with Crippen LogP contribution in [0.25, 0.3) is 16.8 Å². The van der Waals surface area contributed by atoms with Gasteiger partial charge in [-0.25, -0.2) is 18.3 Å². The number of β-amino-alcohol motifs (C(OH)–C–C–N with tert-alkyl or cyclic N) is 1. The molecule has 0 saturated carbocycles. The van der Waals surface area contributed by atoms with Crippen molar-refractivity contribution in [3.63, 3.8) is 0 Å². The number of rotatable bonds is 7. The molecule has 4 aromatic rings. The molecule has 6 rings (SSSR count). The second-order valence-corrected chi connectivity index (χ2v) is 11.3. The summed E-state index contributed by atoms with van der Waals surface area (Å²) in [4.78, 5) is 24.6. The number of aliphatic hydroxyl groups is 1. The quantitative estimate of drug-likeness (QED) is 0.348. The molecule has 2 aliphatic rings. The minimum atomic E-state index is -1.90. The first-order valence-electron chi connectivity index (χ1n) is 14.5. The molecule has 1 aromatic carbocycles. The van der Waals surface area contributed by atoms with Gasteiger partial charge in [0.2, 0.25) is 5.91 Å². The Hall–Kier alpha value is -4.12. The molecular formula is C29H30F2N8O2S. The number of benzene rings is 1. The molecule has 42 heavy (non-hydrogen) atoms. The van der Waals surface area contributed by atoms with E-state index in [1.807, 2.05) is 9.80 Å². The molecule has 0 unspecified atom stereocenters. The number of pyridine rings is 1. The number of nitriles is 1. The van der Waals surface area contributed by atoms with E-state index in [1.165, 1.54) is 29.8 Å². The predicted octanol–water partition coefficient (Wildman–Crippen LogP) is 3.26. The minimum Gasteiger partial charge on any atom is -0.389 e. The highest BCUT2D eigenvalue weighted by Crippen LogP contribution is 2.39. The molecule has 2 fully saturated rings. The molecule has 218 valence electrons. The van der Waals surface area contributed by atoms with Crippen LogP contribution in [-0.2, 0) is 11.2 Å². The number of aryl methyl sites for hydroxylation is 1. The van der Waals surface area contributed by atoms with E-state index in [9.17, 15) is 19.6 Å². The summed E-state index contributed by atoms with van der Waals surface area (Å²) in [7, 11) is 1.69. The van der Waals surface area contributed by atoms with Crippen LogP contribution in [0.15, 0.2) is 36.5 Å². The van der Waals surface area contributed by atoms with Crippen LogP contribution >= 0.6 is 11.3 Å². The van der Waals surface area contributed by atoms with Crippen molar-refractivity contribution in [1.82, 2.24) is 24.4 Å². The first-order valence-corrected chi connectivity index (χ1v) is 14.3. The highest BCUT2D eigenvalue weighted by atomic mass is 32.1. The largest absolute Gasteiger partial charge is 0.389 e. The van der Waals surface area contributed by atoms with E-state index >= 15 is 4.39 Å². The topological polar surface area (TPSA) is 104 Å². The molecule has 2 aliphatic heterocycles. The Morgan fingerprint density at radius 2 is 1.95 bits per heavy atom. The summed E-state index contributed by atoms with van der Waals surface area (Å²) in [6, 6.07) is 9.46. The number of amides is 1. The van der Waals surface area contributed by atoms with Crippen LogP contribution in [0.5, 0.6) is 0 Å². The van der Waals surface area contributed by atoms with Gasteiger partial charge in [0.15, 0.2) is 10.9 Å². The summed E-state index contributed by atoms with van der Waals surface area (Å²) in [6.07, 6.45) is -1.12. The van der Waals surface area contributed by atoms with Gasteiger partial charge < -0.3 is 19.8 Å². The van der Waals surface area contributed by atoms with Crippen molar-refractivity contribution >= 4 is 39.3 Å². The van der Waals surface area contributed by atoms with Crippen LogP contribution in [0.3, 0.4) is 0 Å². The van der Waals surface area contributed by atoms with E-state index in [0.29, 0.717) is 77.4 Å². The van der Waals surface area contributed by atoms with E-state index < -0.39 is 24.1 Å². The van der Waals surface area contributed by atoms with Gasteiger partial charge in [-0.15, -0.1) is 0 Å². The van der Waals surface area contributed by atoms with Crippen molar-refractivity contribution in [1.29, 1.82) is 5.26 Å². The van der Waals surface area contributed by atoms with Crippen molar-refractivity contribution in [2.45, 2.75) is 19.4 Å². The van der Waals surface area contributed by atoms with Crippen LogP contribution in [0.4, 0.5) is 25.3 Å². The third-order valence-corrected chi connectivity index (χ3v) is 8.69. The number of piperazine rings is 1. The Labute approximate surface area is 248 Å². The molecule has 0 aliphatic carbocycles. The average Bonchev–Trinajstić information content (AvgIpc) is 3.57. The van der Waals surface area contributed by atoms with Gasteiger partial charge in [0.1, 0.15) is 22.5 Å². The number of hydrogen-bond donors (Lipinski definition) is 1. The van der Waals surface area contributed by atoms with E-state index in [2.05, 4.69) is 16.2 Å². The number of fused-ring (bicyclic) bond motifs is 1. The normalized spacial score (nSPS) is 17.1. The van der Waals surface area contributed by atoms with Gasteiger partial charge in [-0.1, -0.05) is 18.3 Å². The molecule has 0 radical (unpaired) electrons. The van der Waals surface area contributed by atoms with Crippen molar-refractivity contribution < 1.29 is 21.4 Å². The van der Waals surface area contributed by atoms with Gasteiger partial charge in [-0.2, -0.15) is 10.4 Å². The van der Waals surface area contributed by atoms with Crippen LogP contribution in [-0.4, -0.2) is 94.4 Å². The number of thiazole rings is 1. The van der Waals surface area contributed by atoms with Crippen molar-refractivity contribution in [3.8, 4) is 17.3 Å². The maximum Gasteiger partial charge on any atom is 0.236 e.